The summed E-state index contributed by atoms with van der Waals surface area (Å²) < 4.78 is 0. The van der Waals surface area contributed by atoms with Gasteiger partial charge in [-0.05, 0) is 23.6 Å². The van der Waals surface area contributed by atoms with Crippen molar-refractivity contribution in [1.29, 1.82) is 0 Å². The van der Waals surface area contributed by atoms with Crippen LogP contribution in [0.1, 0.15) is 9.67 Å². The highest BCUT2D eigenvalue weighted by Gasteiger charge is 2.19. The van der Waals surface area contributed by atoms with E-state index in [2.05, 4.69) is 49.4 Å². The van der Waals surface area contributed by atoms with Gasteiger partial charge in [-0.2, -0.15) is 0 Å². The monoisotopic (exact) mass is 365 g/mol. The van der Waals surface area contributed by atoms with Gasteiger partial charge in [-0.3, -0.25) is 4.79 Å². The van der Waals surface area contributed by atoms with E-state index in [1.54, 1.807) is 18.5 Å². The maximum Gasteiger partial charge on any atom is 0.265 e. The van der Waals surface area contributed by atoms with Crippen LogP contribution < -0.4 is 15.1 Å². The lowest BCUT2D eigenvalue weighted by Crippen LogP contribution is -2.47. The zero-order chi connectivity index (χ0) is 17.8. The second-order valence-corrected chi connectivity index (χ2v) is 6.96. The van der Waals surface area contributed by atoms with Gasteiger partial charge in [0, 0.05) is 31.9 Å². The molecule has 1 amide bonds. The Morgan fingerprint density at radius 3 is 2.27 bits per heavy atom. The average molecular weight is 365 g/mol. The third-order valence-corrected chi connectivity index (χ3v) is 5.19. The number of anilines is 3. The van der Waals surface area contributed by atoms with Crippen LogP contribution >= 0.6 is 11.3 Å². The molecule has 0 unspecified atom stereocenters. The molecule has 26 heavy (non-hydrogen) atoms. The minimum Gasteiger partial charge on any atom is -0.368 e. The van der Waals surface area contributed by atoms with Gasteiger partial charge in [0.1, 0.15) is 0 Å². The Hall–Kier alpha value is -2.93. The molecule has 0 aliphatic carbocycles. The van der Waals surface area contributed by atoms with Gasteiger partial charge in [-0.1, -0.05) is 24.3 Å². The Bertz CT molecular complexity index is 843. The molecular weight excluding hydrogens is 346 g/mol. The van der Waals surface area contributed by atoms with Crippen LogP contribution in [0.15, 0.2) is 60.2 Å². The average Bonchev–Trinajstić information content (AvgIpc) is 3.25. The van der Waals surface area contributed by atoms with Gasteiger partial charge >= 0.3 is 0 Å². The zero-order valence-corrected chi connectivity index (χ0v) is 15.0. The minimum atomic E-state index is -0.132. The van der Waals surface area contributed by atoms with Gasteiger partial charge < -0.3 is 15.1 Å². The number of rotatable bonds is 4. The van der Waals surface area contributed by atoms with E-state index in [-0.39, 0.29) is 5.91 Å². The second-order valence-electron chi connectivity index (χ2n) is 6.01. The Balaban J connectivity index is 1.35. The maximum absolute atomic E-state index is 12.1. The second kappa shape index (κ2) is 7.53. The van der Waals surface area contributed by atoms with E-state index in [1.165, 1.54) is 17.0 Å². The number of carbonyl (C=O) groups is 1. The van der Waals surface area contributed by atoms with E-state index in [9.17, 15) is 4.79 Å². The Morgan fingerprint density at radius 1 is 0.923 bits per heavy atom. The maximum atomic E-state index is 12.1. The quantitative estimate of drug-likeness (QED) is 0.770. The van der Waals surface area contributed by atoms with Crippen molar-refractivity contribution >= 4 is 34.6 Å². The summed E-state index contributed by atoms with van der Waals surface area (Å²) in [5, 5.41) is 4.70. The standard InChI is InChI=1S/C19H19N5OS/c25-18(17-7-4-12-26-17)22-15-13-20-19(21-14-15)24-10-8-23(9-11-24)16-5-2-1-3-6-16/h1-7,12-14H,8-11H2,(H,22,25). The number of hydrogen-bond acceptors (Lipinski definition) is 6. The number of aromatic nitrogens is 2. The van der Waals surface area contributed by atoms with Crippen molar-refractivity contribution in [3.63, 3.8) is 0 Å². The van der Waals surface area contributed by atoms with Crippen molar-refractivity contribution in [2.24, 2.45) is 0 Å². The van der Waals surface area contributed by atoms with Crippen molar-refractivity contribution in [2.45, 2.75) is 0 Å². The summed E-state index contributed by atoms with van der Waals surface area (Å²) in [4.78, 5) is 26.1. The summed E-state index contributed by atoms with van der Waals surface area (Å²) in [5.41, 5.74) is 1.86. The molecular formula is C19H19N5OS. The molecule has 3 aromatic rings. The number of amides is 1. The highest BCUT2D eigenvalue weighted by Crippen LogP contribution is 2.19. The molecule has 1 aliphatic heterocycles. The van der Waals surface area contributed by atoms with Crippen LogP contribution in [0.5, 0.6) is 0 Å². The van der Waals surface area contributed by atoms with Crippen molar-refractivity contribution < 1.29 is 4.79 Å². The van der Waals surface area contributed by atoms with Gasteiger partial charge in [-0.15, -0.1) is 11.3 Å². The number of hydrogen-bond donors (Lipinski definition) is 1. The number of nitrogens with one attached hydrogen (secondary N) is 1. The molecule has 1 fully saturated rings. The summed E-state index contributed by atoms with van der Waals surface area (Å²) in [6.45, 7) is 3.61. The summed E-state index contributed by atoms with van der Waals surface area (Å²) in [7, 11) is 0. The van der Waals surface area contributed by atoms with Crippen LogP contribution in [0.3, 0.4) is 0 Å². The number of thiophene rings is 1. The smallest absolute Gasteiger partial charge is 0.265 e. The normalized spacial score (nSPS) is 14.3. The fourth-order valence-corrected chi connectivity index (χ4v) is 3.57. The van der Waals surface area contributed by atoms with E-state index in [1.807, 2.05) is 17.5 Å². The fraction of sp³-hybridized carbons (Fsp3) is 0.211. The SMILES string of the molecule is O=C(Nc1cnc(N2CCN(c3ccccc3)CC2)nc1)c1cccs1. The van der Waals surface area contributed by atoms with E-state index >= 15 is 0 Å². The predicted octanol–water partition coefficient (Wildman–Crippen LogP) is 3.12. The zero-order valence-electron chi connectivity index (χ0n) is 14.2. The van der Waals surface area contributed by atoms with E-state index in [4.69, 9.17) is 0 Å². The van der Waals surface area contributed by atoms with Crippen molar-refractivity contribution in [3.8, 4) is 0 Å². The van der Waals surface area contributed by atoms with Crippen molar-refractivity contribution in [2.75, 3.05) is 41.3 Å². The summed E-state index contributed by atoms with van der Waals surface area (Å²) in [5.74, 6) is 0.569. The molecule has 2 aromatic heterocycles. The summed E-state index contributed by atoms with van der Waals surface area (Å²) >= 11 is 1.41. The van der Waals surface area contributed by atoms with Crippen LogP contribution in [-0.4, -0.2) is 42.1 Å². The van der Waals surface area contributed by atoms with E-state index in [0.717, 1.165) is 26.2 Å². The Labute approximate surface area is 156 Å². The van der Waals surface area contributed by atoms with Crippen molar-refractivity contribution in [3.05, 3.63) is 65.1 Å². The Kier molecular flexibility index (Phi) is 4.79. The minimum absolute atomic E-state index is 0.132. The van der Waals surface area contributed by atoms with Crippen LogP contribution in [0.2, 0.25) is 0 Å². The molecule has 0 radical (unpaired) electrons. The molecule has 7 heteroatoms. The lowest BCUT2D eigenvalue weighted by molar-refractivity contribution is 0.103. The molecule has 1 N–H and O–H groups in total. The first-order valence-corrected chi connectivity index (χ1v) is 9.39. The van der Waals surface area contributed by atoms with Crippen molar-refractivity contribution in [1.82, 2.24) is 9.97 Å². The third kappa shape index (κ3) is 3.67. The summed E-state index contributed by atoms with van der Waals surface area (Å²) in [6, 6.07) is 14.1. The van der Waals surface area contributed by atoms with Crippen LogP contribution in [0.4, 0.5) is 17.3 Å². The van der Waals surface area contributed by atoms with Gasteiger partial charge in [0.25, 0.3) is 5.91 Å². The molecule has 0 bridgehead atoms. The number of nitrogens with zero attached hydrogens (tertiary/aromatic N) is 4. The number of carbonyl (C=O) groups excluding carboxylic acids is 1. The molecule has 0 spiro atoms. The van der Waals surface area contributed by atoms with Gasteiger partial charge in [0.2, 0.25) is 5.95 Å². The molecule has 1 aromatic carbocycles. The molecule has 132 valence electrons. The van der Waals surface area contributed by atoms with Gasteiger partial charge in [-0.25, -0.2) is 9.97 Å². The number of piperazine rings is 1. The van der Waals surface area contributed by atoms with Crippen LogP contribution in [0.25, 0.3) is 0 Å². The number of para-hydroxylation sites is 1. The topological polar surface area (TPSA) is 61.4 Å². The van der Waals surface area contributed by atoms with Gasteiger partial charge in [0.05, 0.1) is 23.0 Å². The molecule has 1 saturated heterocycles. The third-order valence-electron chi connectivity index (χ3n) is 4.32. The first kappa shape index (κ1) is 16.5. The van der Waals surface area contributed by atoms with Crippen LogP contribution in [0, 0.1) is 0 Å². The lowest BCUT2D eigenvalue weighted by Gasteiger charge is -2.36. The van der Waals surface area contributed by atoms with Crippen LogP contribution in [-0.2, 0) is 0 Å². The highest BCUT2D eigenvalue weighted by molar-refractivity contribution is 7.12. The molecule has 4 rings (SSSR count). The molecule has 6 nitrogen and oxygen atoms in total. The number of benzene rings is 1. The molecule has 0 atom stereocenters. The summed E-state index contributed by atoms with van der Waals surface area (Å²) in [6.07, 6.45) is 3.33. The first-order valence-electron chi connectivity index (χ1n) is 8.51. The molecule has 0 saturated carbocycles. The van der Waals surface area contributed by atoms with E-state index in [0.29, 0.717) is 16.5 Å². The largest absolute Gasteiger partial charge is 0.368 e. The lowest BCUT2D eigenvalue weighted by atomic mass is 10.2. The molecule has 3 heterocycles. The van der Waals surface area contributed by atoms with Gasteiger partial charge in [0.15, 0.2) is 0 Å². The molecule has 1 aliphatic rings. The predicted molar refractivity (Wildman–Crippen MR) is 105 cm³/mol. The first-order chi connectivity index (χ1) is 12.8. The van der Waals surface area contributed by atoms with E-state index < -0.39 is 0 Å². The Morgan fingerprint density at radius 2 is 1.62 bits per heavy atom. The highest BCUT2D eigenvalue weighted by atomic mass is 32.1. The fourth-order valence-electron chi connectivity index (χ4n) is 2.95.